The van der Waals surface area contributed by atoms with Crippen molar-refractivity contribution in [2.45, 2.75) is 40.7 Å². The van der Waals surface area contributed by atoms with Gasteiger partial charge in [0.1, 0.15) is 5.75 Å². The van der Waals surface area contributed by atoms with Crippen molar-refractivity contribution in [3.05, 3.63) is 30.3 Å². The molecule has 0 fully saturated rings. The normalized spacial score (nSPS) is 12.6. The van der Waals surface area contributed by atoms with Crippen molar-refractivity contribution in [2.75, 3.05) is 13.1 Å². The molecule has 0 aliphatic rings. The van der Waals surface area contributed by atoms with Gasteiger partial charge in [-0.05, 0) is 30.9 Å². The van der Waals surface area contributed by atoms with Crippen LogP contribution in [0.4, 0.5) is 0 Å². The highest BCUT2D eigenvalue weighted by molar-refractivity contribution is 5.80. The Hall–Kier alpha value is -1.51. The Kier molecular flexibility index (Phi) is 6.56. The summed E-state index contributed by atoms with van der Waals surface area (Å²) in [4.78, 5) is 14.4. The van der Waals surface area contributed by atoms with E-state index in [1.165, 1.54) is 0 Å². The van der Waals surface area contributed by atoms with E-state index in [-0.39, 0.29) is 5.91 Å². The van der Waals surface area contributed by atoms with E-state index in [2.05, 4.69) is 27.7 Å². The van der Waals surface area contributed by atoms with Gasteiger partial charge in [-0.3, -0.25) is 4.79 Å². The quantitative estimate of drug-likeness (QED) is 0.762. The lowest BCUT2D eigenvalue weighted by molar-refractivity contribution is -0.139. The second-order valence-electron chi connectivity index (χ2n) is 6.10. The number of para-hydroxylation sites is 1. The number of carbonyl (C=O) groups excluding carboxylic acids is 1. The molecule has 0 saturated carbocycles. The van der Waals surface area contributed by atoms with Gasteiger partial charge in [0.05, 0.1) is 0 Å². The Morgan fingerprint density at radius 2 is 1.50 bits per heavy atom. The van der Waals surface area contributed by atoms with E-state index in [1.807, 2.05) is 42.2 Å². The molecule has 0 N–H and O–H groups in total. The summed E-state index contributed by atoms with van der Waals surface area (Å²) in [5.74, 6) is 1.72. The van der Waals surface area contributed by atoms with E-state index in [1.54, 1.807) is 0 Å². The molecule has 0 bridgehead atoms. The third-order valence-corrected chi connectivity index (χ3v) is 2.89. The Labute approximate surface area is 122 Å². The number of benzene rings is 1. The first-order valence-corrected chi connectivity index (χ1v) is 7.40. The molecule has 0 aliphatic heterocycles. The summed E-state index contributed by atoms with van der Waals surface area (Å²) in [6, 6.07) is 9.50. The summed E-state index contributed by atoms with van der Waals surface area (Å²) >= 11 is 0. The topological polar surface area (TPSA) is 29.5 Å². The summed E-state index contributed by atoms with van der Waals surface area (Å²) in [6.45, 7) is 11.9. The average Bonchev–Trinajstić information content (AvgIpc) is 2.37. The minimum atomic E-state index is -0.449. The highest BCUT2D eigenvalue weighted by atomic mass is 16.5. The van der Waals surface area contributed by atoms with Crippen molar-refractivity contribution in [1.82, 2.24) is 4.90 Å². The fourth-order valence-corrected chi connectivity index (χ4v) is 2.15. The van der Waals surface area contributed by atoms with Gasteiger partial charge in [0.15, 0.2) is 6.10 Å². The summed E-state index contributed by atoms with van der Waals surface area (Å²) in [5.41, 5.74) is 0. The second kappa shape index (κ2) is 7.93. The zero-order valence-electron chi connectivity index (χ0n) is 13.3. The van der Waals surface area contributed by atoms with Gasteiger partial charge in [0, 0.05) is 13.1 Å². The van der Waals surface area contributed by atoms with Crippen molar-refractivity contribution in [3.63, 3.8) is 0 Å². The lowest BCUT2D eigenvalue weighted by atomic mass is 10.1. The van der Waals surface area contributed by atoms with Crippen LogP contribution in [-0.4, -0.2) is 30.0 Å². The minimum Gasteiger partial charge on any atom is -0.481 e. The highest BCUT2D eigenvalue weighted by Gasteiger charge is 2.23. The molecule has 1 rings (SSSR count). The van der Waals surface area contributed by atoms with Gasteiger partial charge in [-0.25, -0.2) is 0 Å². The number of amides is 1. The zero-order chi connectivity index (χ0) is 15.1. The van der Waals surface area contributed by atoms with Crippen LogP contribution in [0, 0.1) is 11.8 Å². The van der Waals surface area contributed by atoms with Crippen molar-refractivity contribution in [2.24, 2.45) is 11.8 Å². The predicted octanol–water partition coefficient (Wildman–Crippen LogP) is 3.59. The Morgan fingerprint density at radius 3 is 1.95 bits per heavy atom. The maximum atomic E-state index is 12.5. The van der Waals surface area contributed by atoms with E-state index in [4.69, 9.17) is 4.74 Å². The van der Waals surface area contributed by atoms with Gasteiger partial charge >= 0.3 is 0 Å². The monoisotopic (exact) mass is 277 g/mol. The highest BCUT2D eigenvalue weighted by Crippen LogP contribution is 2.13. The van der Waals surface area contributed by atoms with Gasteiger partial charge in [-0.2, -0.15) is 0 Å². The van der Waals surface area contributed by atoms with Crippen LogP contribution in [0.3, 0.4) is 0 Å². The van der Waals surface area contributed by atoms with Crippen LogP contribution in [0.2, 0.25) is 0 Å². The van der Waals surface area contributed by atoms with Crippen LogP contribution in [0.25, 0.3) is 0 Å². The molecule has 0 saturated heterocycles. The number of ether oxygens (including phenoxy) is 1. The standard InChI is InChI=1S/C17H27NO2/c1-13(2)11-18(12-14(3)4)17(19)15(5)20-16-9-7-6-8-10-16/h6-10,13-15H,11-12H2,1-5H3. The zero-order valence-corrected chi connectivity index (χ0v) is 13.3. The van der Waals surface area contributed by atoms with Gasteiger partial charge in [0.2, 0.25) is 0 Å². The molecule has 0 aromatic heterocycles. The molecule has 0 spiro atoms. The molecular formula is C17H27NO2. The van der Waals surface area contributed by atoms with E-state index < -0.39 is 6.10 Å². The summed E-state index contributed by atoms with van der Waals surface area (Å²) in [7, 11) is 0. The Bertz CT molecular complexity index is 391. The fourth-order valence-electron chi connectivity index (χ4n) is 2.15. The first-order chi connectivity index (χ1) is 9.40. The van der Waals surface area contributed by atoms with Crippen molar-refractivity contribution < 1.29 is 9.53 Å². The number of carbonyl (C=O) groups is 1. The van der Waals surface area contributed by atoms with Crippen LogP contribution in [0.1, 0.15) is 34.6 Å². The van der Waals surface area contributed by atoms with Crippen LogP contribution in [0.5, 0.6) is 5.75 Å². The smallest absolute Gasteiger partial charge is 0.263 e. The first kappa shape index (κ1) is 16.5. The van der Waals surface area contributed by atoms with Gasteiger partial charge < -0.3 is 9.64 Å². The first-order valence-electron chi connectivity index (χ1n) is 7.40. The number of hydrogen-bond donors (Lipinski definition) is 0. The third kappa shape index (κ3) is 5.64. The average molecular weight is 277 g/mol. The molecule has 3 nitrogen and oxygen atoms in total. The molecule has 112 valence electrons. The van der Waals surface area contributed by atoms with Gasteiger partial charge in [-0.15, -0.1) is 0 Å². The molecule has 1 unspecified atom stereocenters. The molecule has 3 heteroatoms. The fraction of sp³-hybridized carbons (Fsp3) is 0.588. The van der Waals surface area contributed by atoms with Crippen molar-refractivity contribution >= 4 is 5.91 Å². The van der Waals surface area contributed by atoms with Crippen molar-refractivity contribution in [1.29, 1.82) is 0 Å². The third-order valence-electron chi connectivity index (χ3n) is 2.89. The molecule has 1 atom stereocenters. The minimum absolute atomic E-state index is 0.0660. The molecule has 20 heavy (non-hydrogen) atoms. The van der Waals surface area contributed by atoms with Crippen molar-refractivity contribution in [3.8, 4) is 5.75 Å². The summed E-state index contributed by atoms with van der Waals surface area (Å²) < 4.78 is 5.73. The Balaban J connectivity index is 2.67. The molecule has 0 heterocycles. The Morgan fingerprint density at radius 1 is 1.00 bits per heavy atom. The van der Waals surface area contributed by atoms with E-state index in [0.29, 0.717) is 11.8 Å². The van der Waals surface area contributed by atoms with E-state index in [9.17, 15) is 4.79 Å². The second-order valence-corrected chi connectivity index (χ2v) is 6.10. The molecule has 0 radical (unpaired) electrons. The summed E-state index contributed by atoms with van der Waals surface area (Å²) in [5, 5.41) is 0. The van der Waals surface area contributed by atoms with Crippen LogP contribution < -0.4 is 4.74 Å². The van der Waals surface area contributed by atoms with Gasteiger partial charge in [0.25, 0.3) is 5.91 Å². The molecule has 0 aliphatic carbocycles. The van der Waals surface area contributed by atoms with E-state index >= 15 is 0 Å². The largest absolute Gasteiger partial charge is 0.481 e. The van der Waals surface area contributed by atoms with Gasteiger partial charge in [-0.1, -0.05) is 45.9 Å². The molecule has 1 aromatic rings. The van der Waals surface area contributed by atoms with Crippen LogP contribution in [0.15, 0.2) is 30.3 Å². The lowest BCUT2D eigenvalue weighted by Gasteiger charge is -2.29. The van der Waals surface area contributed by atoms with Crippen LogP contribution in [-0.2, 0) is 4.79 Å². The lowest BCUT2D eigenvalue weighted by Crippen LogP contribution is -2.44. The number of rotatable bonds is 7. The number of nitrogens with zero attached hydrogens (tertiary/aromatic N) is 1. The number of hydrogen-bond acceptors (Lipinski definition) is 2. The predicted molar refractivity (Wildman–Crippen MR) is 82.8 cm³/mol. The maximum absolute atomic E-state index is 12.5. The van der Waals surface area contributed by atoms with Crippen LogP contribution >= 0.6 is 0 Å². The molecule has 1 amide bonds. The maximum Gasteiger partial charge on any atom is 0.263 e. The van der Waals surface area contributed by atoms with E-state index in [0.717, 1.165) is 18.8 Å². The summed E-state index contributed by atoms with van der Waals surface area (Å²) in [6.07, 6.45) is -0.449. The molecule has 1 aromatic carbocycles. The SMILES string of the molecule is CC(C)CN(CC(C)C)C(=O)C(C)Oc1ccccc1. The molecular weight excluding hydrogens is 250 g/mol.